The van der Waals surface area contributed by atoms with Crippen LogP contribution in [0.5, 0.6) is 0 Å². The minimum absolute atomic E-state index is 0.162. The van der Waals surface area contributed by atoms with Gasteiger partial charge in [-0.15, -0.1) is 0 Å². The van der Waals surface area contributed by atoms with Crippen molar-refractivity contribution in [2.75, 3.05) is 0 Å². The number of aromatic nitrogens is 2. The molecule has 3 aromatic rings. The summed E-state index contributed by atoms with van der Waals surface area (Å²) >= 11 is 0. The van der Waals surface area contributed by atoms with Crippen LogP contribution in [-0.4, -0.2) is 21.9 Å². The van der Waals surface area contributed by atoms with Crippen LogP contribution in [0, 0.1) is 0 Å². The third-order valence-corrected chi connectivity index (χ3v) is 3.42. The van der Waals surface area contributed by atoms with Gasteiger partial charge in [-0.1, -0.05) is 25.1 Å². The summed E-state index contributed by atoms with van der Waals surface area (Å²) < 4.78 is 6.41. The van der Waals surface area contributed by atoms with Crippen LogP contribution >= 0.6 is 0 Å². The van der Waals surface area contributed by atoms with Crippen LogP contribution in [0.2, 0.25) is 0 Å². The Morgan fingerprint density at radius 1 is 1.29 bits per heavy atom. The molecule has 0 saturated carbocycles. The van der Waals surface area contributed by atoms with Crippen LogP contribution in [0.15, 0.2) is 57.0 Å². The quantitative estimate of drug-likeness (QED) is 0.575. The molecule has 0 unspecified atom stereocenters. The standard InChI is InChI=1S/C17H16N4O3/c1-2-9-21-17(23)14-8-4-3-7-13(14)15(20-21)16(22)19-18-11-12-6-5-10-24-12/h3-8,10-11H,2,9H2,1H3,(H,19,22)/b18-11+. The van der Waals surface area contributed by atoms with E-state index in [0.29, 0.717) is 23.1 Å². The molecule has 0 aliphatic rings. The van der Waals surface area contributed by atoms with E-state index in [2.05, 4.69) is 15.6 Å². The van der Waals surface area contributed by atoms with E-state index < -0.39 is 5.91 Å². The lowest BCUT2D eigenvalue weighted by Crippen LogP contribution is -2.29. The molecule has 122 valence electrons. The Labute approximate surface area is 137 Å². The van der Waals surface area contributed by atoms with Crippen LogP contribution in [0.25, 0.3) is 10.8 Å². The van der Waals surface area contributed by atoms with Crippen LogP contribution in [0.4, 0.5) is 0 Å². The minimum Gasteiger partial charge on any atom is -0.463 e. The number of benzene rings is 1. The van der Waals surface area contributed by atoms with Crippen molar-refractivity contribution in [2.45, 2.75) is 19.9 Å². The Balaban J connectivity index is 1.96. The zero-order chi connectivity index (χ0) is 16.9. The number of aryl methyl sites for hydroxylation is 1. The average Bonchev–Trinajstić information content (AvgIpc) is 3.11. The van der Waals surface area contributed by atoms with Gasteiger partial charge in [0.2, 0.25) is 0 Å². The topological polar surface area (TPSA) is 89.5 Å². The van der Waals surface area contributed by atoms with E-state index in [1.54, 1.807) is 36.4 Å². The molecular weight excluding hydrogens is 308 g/mol. The molecule has 7 nitrogen and oxygen atoms in total. The van der Waals surface area contributed by atoms with Crippen LogP contribution < -0.4 is 11.0 Å². The van der Waals surface area contributed by atoms with Crippen molar-refractivity contribution in [3.05, 3.63) is 64.5 Å². The third kappa shape index (κ3) is 3.10. The second-order valence-corrected chi connectivity index (χ2v) is 5.14. The number of nitrogens with zero attached hydrogens (tertiary/aromatic N) is 3. The zero-order valence-corrected chi connectivity index (χ0v) is 13.1. The molecule has 0 spiro atoms. The van der Waals surface area contributed by atoms with Gasteiger partial charge < -0.3 is 4.42 Å². The third-order valence-electron chi connectivity index (χ3n) is 3.42. The molecule has 0 atom stereocenters. The van der Waals surface area contributed by atoms with Gasteiger partial charge in [0.15, 0.2) is 5.69 Å². The van der Waals surface area contributed by atoms with E-state index in [1.165, 1.54) is 17.2 Å². The van der Waals surface area contributed by atoms with Gasteiger partial charge in [0.25, 0.3) is 11.5 Å². The minimum atomic E-state index is -0.487. The van der Waals surface area contributed by atoms with Crippen molar-refractivity contribution < 1.29 is 9.21 Å². The molecule has 1 N–H and O–H groups in total. The first-order chi connectivity index (χ1) is 11.7. The SMILES string of the molecule is CCCn1nc(C(=O)N/N=C/c2ccco2)c2ccccc2c1=O. The summed E-state index contributed by atoms with van der Waals surface area (Å²) in [6.45, 7) is 2.39. The molecule has 0 radical (unpaired) electrons. The predicted molar refractivity (Wildman–Crippen MR) is 90.1 cm³/mol. The Kier molecular flexibility index (Phi) is 4.51. The molecule has 2 heterocycles. The number of hydrogen-bond donors (Lipinski definition) is 1. The number of fused-ring (bicyclic) bond motifs is 1. The summed E-state index contributed by atoms with van der Waals surface area (Å²) in [7, 11) is 0. The molecule has 7 heteroatoms. The molecule has 0 saturated heterocycles. The Bertz CT molecular complexity index is 942. The first kappa shape index (κ1) is 15.7. The van der Waals surface area contributed by atoms with Crippen LogP contribution in [-0.2, 0) is 6.54 Å². The number of hydrazone groups is 1. The molecule has 2 aromatic heterocycles. The van der Waals surface area contributed by atoms with E-state index in [1.807, 2.05) is 6.92 Å². The van der Waals surface area contributed by atoms with Gasteiger partial charge in [0.05, 0.1) is 17.9 Å². The first-order valence-corrected chi connectivity index (χ1v) is 7.57. The summed E-state index contributed by atoms with van der Waals surface area (Å²) in [5.74, 6) is 0.0305. The molecule has 24 heavy (non-hydrogen) atoms. The largest absolute Gasteiger partial charge is 0.463 e. The highest BCUT2D eigenvalue weighted by Crippen LogP contribution is 2.13. The maximum Gasteiger partial charge on any atom is 0.292 e. The first-order valence-electron chi connectivity index (χ1n) is 7.57. The van der Waals surface area contributed by atoms with Crippen molar-refractivity contribution in [2.24, 2.45) is 5.10 Å². The number of nitrogens with one attached hydrogen (secondary N) is 1. The molecule has 0 aliphatic heterocycles. The van der Waals surface area contributed by atoms with Crippen molar-refractivity contribution in [3.8, 4) is 0 Å². The second-order valence-electron chi connectivity index (χ2n) is 5.14. The summed E-state index contributed by atoms with van der Waals surface area (Å²) in [5.41, 5.74) is 2.37. The van der Waals surface area contributed by atoms with E-state index in [9.17, 15) is 9.59 Å². The number of carbonyl (C=O) groups is 1. The maximum absolute atomic E-state index is 12.4. The Hall–Kier alpha value is -3.22. The summed E-state index contributed by atoms with van der Waals surface area (Å²) in [5, 5.41) is 9.01. The van der Waals surface area contributed by atoms with E-state index >= 15 is 0 Å². The zero-order valence-electron chi connectivity index (χ0n) is 13.1. The number of amides is 1. The van der Waals surface area contributed by atoms with Gasteiger partial charge in [-0.2, -0.15) is 10.2 Å². The fourth-order valence-electron chi connectivity index (χ4n) is 2.34. The summed E-state index contributed by atoms with van der Waals surface area (Å²) in [4.78, 5) is 24.8. The van der Waals surface area contributed by atoms with Crippen molar-refractivity contribution in [1.29, 1.82) is 0 Å². The number of carbonyl (C=O) groups excluding carboxylic acids is 1. The predicted octanol–water partition coefficient (Wildman–Crippen LogP) is 2.16. The van der Waals surface area contributed by atoms with Gasteiger partial charge in [-0.3, -0.25) is 9.59 Å². The fraction of sp³-hybridized carbons (Fsp3) is 0.176. The summed E-state index contributed by atoms with van der Waals surface area (Å²) in [6.07, 6.45) is 3.64. The average molecular weight is 324 g/mol. The van der Waals surface area contributed by atoms with Gasteiger partial charge in [0, 0.05) is 11.9 Å². The maximum atomic E-state index is 12.4. The van der Waals surface area contributed by atoms with Gasteiger partial charge in [-0.25, -0.2) is 10.1 Å². The van der Waals surface area contributed by atoms with E-state index in [-0.39, 0.29) is 11.3 Å². The van der Waals surface area contributed by atoms with Crippen molar-refractivity contribution in [1.82, 2.24) is 15.2 Å². The van der Waals surface area contributed by atoms with Crippen molar-refractivity contribution in [3.63, 3.8) is 0 Å². The van der Waals surface area contributed by atoms with Gasteiger partial charge in [-0.05, 0) is 24.6 Å². The normalized spacial score (nSPS) is 11.2. The highest BCUT2D eigenvalue weighted by atomic mass is 16.3. The molecule has 3 rings (SSSR count). The molecule has 1 amide bonds. The highest BCUT2D eigenvalue weighted by Gasteiger charge is 2.15. The van der Waals surface area contributed by atoms with Crippen LogP contribution in [0.1, 0.15) is 29.6 Å². The van der Waals surface area contributed by atoms with Crippen molar-refractivity contribution >= 4 is 22.9 Å². The van der Waals surface area contributed by atoms with Gasteiger partial charge in [0.1, 0.15) is 5.76 Å². The Morgan fingerprint density at radius 3 is 2.79 bits per heavy atom. The van der Waals surface area contributed by atoms with E-state index in [0.717, 1.165) is 6.42 Å². The van der Waals surface area contributed by atoms with E-state index in [4.69, 9.17) is 4.42 Å². The molecule has 0 bridgehead atoms. The smallest absolute Gasteiger partial charge is 0.292 e. The lowest BCUT2D eigenvalue weighted by Gasteiger charge is -2.09. The summed E-state index contributed by atoms with van der Waals surface area (Å²) in [6, 6.07) is 10.3. The lowest BCUT2D eigenvalue weighted by atomic mass is 10.1. The monoisotopic (exact) mass is 324 g/mol. The number of rotatable bonds is 5. The molecule has 0 fully saturated rings. The fourth-order valence-corrected chi connectivity index (χ4v) is 2.34. The molecular formula is C17H16N4O3. The molecule has 0 aliphatic carbocycles. The Morgan fingerprint density at radius 2 is 2.08 bits per heavy atom. The number of furan rings is 1. The molecule has 1 aromatic carbocycles. The van der Waals surface area contributed by atoms with Gasteiger partial charge >= 0.3 is 0 Å². The van der Waals surface area contributed by atoms with Crippen LogP contribution in [0.3, 0.4) is 0 Å². The lowest BCUT2D eigenvalue weighted by molar-refractivity contribution is 0.0949. The number of hydrogen-bond acceptors (Lipinski definition) is 5. The highest BCUT2D eigenvalue weighted by molar-refractivity contribution is 6.04. The second kappa shape index (κ2) is 6.91.